The summed E-state index contributed by atoms with van der Waals surface area (Å²) in [5.74, 6) is 3.22. The quantitative estimate of drug-likeness (QED) is 0.570. The molecule has 0 saturated heterocycles. The molecule has 0 amide bonds. The molecule has 2 atom stereocenters. The van der Waals surface area contributed by atoms with Crippen molar-refractivity contribution in [2.24, 2.45) is 23.2 Å². The molecule has 0 heterocycles. The van der Waals surface area contributed by atoms with E-state index in [4.69, 9.17) is 0 Å². The molecule has 2 aliphatic carbocycles. The maximum Gasteiger partial charge on any atom is -0.0354 e. The van der Waals surface area contributed by atoms with E-state index in [1.54, 1.807) is 12.8 Å². The first-order chi connectivity index (χ1) is 6.57. The van der Waals surface area contributed by atoms with E-state index in [1.165, 1.54) is 32.1 Å². The normalized spacial score (nSPS) is 35.4. The summed E-state index contributed by atoms with van der Waals surface area (Å²) in [7, 11) is 0. The molecular weight excluding hydrogens is 168 g/mol. The van der Waals surface area contributed by atoms with E-state index in [1.807, 2.05) is 0 Å². The number of rotatable bonds is 1. The van der Waals surface area contributed by atoms with E-state index in [9.17, 15) is 0 Å². The summed E-state index contributed by atoms with van der Waals surface area (Å²) in [6.07, 6.45) is 10.7. The Balaban J connectivity index is 1.88. The van der Waals surface area contributed by atoms with Gasteiger partial charge in [-0.15, -0.1) is 0 Å². The zero-order chi connectivity index (χ0) is 10.2. The Morgan fingerprint density at radius 3 is 1.93 bits per heavy atom. The molecule has 0 nitrogen and oxygen atoms in total. The van der Waals surface area contributed by atoms with Gasteiger partial charge in [0.25, 0.3) is 0 Å². The van der Waals surface area contributed by atoms with Gasteiger partial charge in [-0.3, -0.25) is 0 Å². The summed E-state index contributed by atoms with van der Waals surface area (Å²) < 4.78 is 0. The van der Waals surface area contributed by atoms with Crippen molar-refractivity contribution in [3.63, 3.8) is 0 Å². The lowest BCUT2D eigenvalue weighted by Gasteiger charge is -2.27. The first-order valence-corrected chi connectivity index (χ1v) is 6.57. The molecule has 0 radical (unpaired) electrons. The SMILES string of the molecule is CC(C)(C)C1CCC(C2CCCC2)C1. The van der Waals surface area contributed by atoms with Crippen molar-refractivity contribution >= 4 is 0 Å². The lowest BCUT2D eigenvalue weighted by Crippen LogP contribution is -2.18. The van der Waals surface area contributed by atoms with E-state index in [0.717, 1.165) is 17.8 Å². The van der Waals surface area contributed by atoms with Crippen LogP contribution in [-0.4, -0.2) is 0 Å². The van der Waals surface area contributed by atoms with Gasteiger partial charge in [0, 0.05) is 0 Å². The summed E-state index contributed by atoms with van der Waals surface area (Å²) in [4.78, 5) is 0. The molecule has 2 rings (SSSR count). The second-order valence-electron chi connectivity index (χ2n) is 6.68. The Morgan fingerprint density at radius 2 is 1.43 bits per heavy atom. The summed E-state index contributed by atoms with van der Waals surface area (Å²) in [5, 5.41) is 0. The molecule has 2 aliphatic rings. The molecule has 0 bridgehead atoms. The standard InChI is InChI=1S/C14H26/c1-14(2,3)13-9-8-12(10-13)11-6-4-5-7-11/h11-13H,4-10H2,1-3H3. The monoisotopic (exact) mass is 194 g/mol. The highest BCUT2D eigenvalue weighted by Gasteiger charge is 2.36. The topological polar surface area (TPSA) is 0 Å². The van der Waals surface area contributed by atoms with Crippen LogP contribution in [0.15, 0.2) is 0 Å². The highest BCUT2D eigenvalue weighted by molar-refractivity contribution is 4.87. The van der Waals surface area contributed by atoms with Gasteiger partial charge in [-0.25, -0.2) is 0 Å². The van der Waals surface area contributed by atoms with Crippen LogP contribution < -0.4 is 0 Å². The van der Waals surface area contributed by atoms with Crippen molar-refractivity contribution in [1.29, 1.82) is 0 Å². The van der Waals surface area contributed by atoms with Gasteiger partial charge in [-0.2, -0.15) is 0 Å². The van der Waals surface area contributed by atoms with Crippen molar-refractivity contribution < 1.29 is 0 Å². The molecule has 0 aromatic rings. The molecule has 14 heavy (non-hydrogen) atoms. The number of hydrogen-bond acceptors (Lipinski definition) is 0. The van der Waals surface area contributed by atoms with Crippen LogP contribution in [0.4, 0.5) is 0 Å². The fourth-order valence-corrected chi connectivity index (χ4v) is 3.66. The van der Waals surface area contributed by atoms with E-state index in [2.05, 4.69) is 20.8 Å². The molecule has 0 aromatic carbocycles. The zero-order valence-electron chi connectivity index (χ0n) is 10.2. The highest BCUT2D eigenvalue weighted by atomic mass is 14.4. The lowest BCUT2D eigenvalue weighted by molar-refractivity contribution is 0.226. The lowest BCUT2D eigenvalue weighted by atomic mass is 9.78. The van der Waals surface area contributed by atoms with Gasteiger partial charge in [0.15, 0.2) is 0 Å². The molecule has 0 N–H and O–H groups in total. The molecule has 2 unspecified atom stereocenters. The van der Waals surface area contributed by atoms with Gasteiger partial charge in [-0.1, -0.05) is 46.5 Å². The van der Waals surface area contributed by atoms with Crippen LogP contribution in [-0.2, 0) is 0 Å². The fraction of sp³-hybridized carbons (Fsp3) is 1.00. The maximum atomic E-state index is 2.43. The Morgan fingerprint density at radius 1 is 0.786 bits per heavy atom. The van der Waals surface area contributed by atoms with Gasteiger partial charge in [0.2, 0.25) is 0 Å². The van der Waals surface area contributed by atoms with E-state index in [0.29, 0.717) is 5.41 Å². The first kappa shape index (κ1) is 10.5. The van der Waals surface area contributed by atoms with Crippen molar-refractivity contribution in [2.45, 2.75) is 65.7 Å². The largest absolute Gasteiger partial charge is 0.0599 e. The van der Waals surface area contributed by atoms with Crippen LogP contribution in [0.5, 0.6) is 0 Å². The van der Waals surface area contributed by atoms with Crippen LogP contribution in [0.3, 0.4) is 0 Å². The number of hydrogen-bond donors (Lipinski definition) is 0. The van der Waals surface area contributed by atoms with Gasteiger partial charge in [0.1, 0.15) is 0 Å². The van der Waals surface area contributed by atoms with Crippen LogP contribution in [0.25, 0.3) is 0 Å². The Hall–Kier alpha value is 0. The second kappa shape index (κ2) is 3.87. The molecule has 2 saturated carbocycles. The maximum absolute atomic E-state index is 2.43. The molecule has 82 valence electrons. The first-order valence-electron chi connectivity index (χ1n) is 6.57. The summed E-state index contributed by atoms with van der Waals surface area (Å²) in [6.45, 7) is 7.28. The summed E-state index contributed by atoms with van der Waals surface area (Å²) in [5.41, 5.74) is 0.563. The average molecular weight is 194 g/mol. The third-order valence-electron chi connectivity index (χ3n) is 4.76. The molecule has 0 aromatic heterocycles. The molecule has 2 fully saturated rings. The third kappa shape index (κ3) is 2.15. The summed E-state index contributed by atoms with van der Waals surface area (Å²) >= 11 is 0. The predicted molar refractivity (Wildman–Crippen MR) is 62.2 cm³/mol. The third-order valence-corrected chi connectivity index (χ3v) is 4.76. The fourth-order valence-electron chi connectivity index (χ4n) is 3.66. The van der Waals surface area contributed by atoms with Crippen molar-refractivity contribution in [3.05, 3.63) is 0 Å². The predicted octanol–water partition coefficient (Wildman–Crippen LogP) is 4.64. The van der Waals surface area contributed by atoms with Gasteiger partial charge in [0.05, 0.1) is 0 Å². The van der Waals surface area contributed by atoms with E-state index >= 15 is 0 Å². The molecular formula is C14H26. The van der Waals surface area contributed by atoms with Gasteiger partial charge >= 0.3 is 0 Å². The van der Waals surface area contributed by atoms with Crippen LogP contribution in [0, 0.1) is 23.2 Å². The Kier molecular flexibility index (Phi) is 2.91. The smallest absolute Gasteiger partial charge is 0.0354 e. The minimum absolute atomic E-state index is 0.563. The van der Waals surface area contributed by atoms with Crippen LogP contribution >= 0.6 is 0 Å². The van der Waals surface area contributed by atoms with E-state index in [-0.39, 0.29) is 0 Å². The van der Waals surface area contributed by atoms with Gasteiger partial charge < -0.3 is 0 Å². The Labute approximate surface area is 89.5 Å². The second-order valence-corrected chi connectivity index (χ2v) is 6.68. The van der Waals surface area contributed by atoms with E-state index < -0.39 is 0 Å². The minimum Gasteiger partial charge on any atom is -0.0599 e. The Bertz CT molecular complexity index is 181. The van der Waals surface area contributed by atoms with Crippen molar-refractivity contribution in [3.8, 4) is 0 Å². The zero-order valence-corrected chi connectivity index (χ0v) is 10.2. The summed E-state index contributed by atoms with van der Waals surface area (Å²) in [6, 6.07) is 0. The van der Waals surface area contributed by atoms with Gasteiger partial charge in [-0.05, 0) is 42.4 Å². The van der Waals surface area contributed by atoms with Crippen molar-refractivity contribution in [1.82, 2.24) is 0 Å². The minimum atomic E-state index is 0.563. The molecule has 0 spiro atoms. The van der Waals surface area contributed by atoms with Crippen LogP contribution in [0.1, 0.15) is 65.7 Å². The molecule has 0 heteroatoms. The molecule has 0 aliphatic heterocycles. The average Bonchev–Trinajstić information content (AvgIpc) is 2.73. The highest BCUT2D eigenvalue weighted by Crippen LogP contribution is 2.47. The van der Waals surface area contributed by atoms with Crippen molar-refractivity contribution in [2.75, 3.05) is 0 Å². The van der Waals surface area contributed by atoms with Crippen LogP contribution in [0.2, 0.25) is 0 Å².